The Bertz CT molecular complexity index is 726. The van der Waals surface area contributed by atoms with E-state index < -0.39 is 17.7 Å². The van der Waals surface area contributed by atoms with Crippen LogP contribution < -0.4 is 15.4 Å². The van der Waals surface area contributed by atoms with Gasteiger partial charge >= 0.3 is 6.09 Å². The summed E-state index contributed by atoms with van der Waals surface area (Å²) >= 11 is 0. The number of nitrogens with zero attached hydrogens (tertiary/aromatic N) is 2. The third-order valence-electron chi connectivity index (χ3n) is 4.76. The highest BCUT2D eigenvalue weighted by Crippen LogP contribution is 2.37. The van der Waals surface area contributed by atoms with Gasteiger partial charge in [-0.2, -0.15) is 0 Å². The number of fused-ring (bicyclic) bond motifs is 1. The molecule has 0 aromatic heterocycles. The summed E-state index contributed by atoms with van der Waals surface area (Å²) < 4.78 is 10.7. The molecule has 0 spiro atoms. The van der Waals surface area contributed by atoms with Gasteiger partial charge in [0, 0.05) is 18.8 Å². The lowest BCUT2D eigenvalue weighted by atomic mass is 10.1. The molecular formula is C19H27N3O4. The average Bonchev–Trinajstić information content (AvgIpc) is 3.18. The van der Waals surface area contributed by atoms with Crippen LogP contribution in [0, 0.1) is 0 Å². The summed E-state index contributed by atoms with van der Waals surface area (Å²) in [5.41, 5.74) is 7.78. The molecule has 7 heteroatoms. The van der Waals surface area contributed by atoms with Gasteiger partial charge in [-0.3, -0.25) is 9.69 Å². The molecule has 142 valence electrons. The number of nitrogen functional groups attached to an aromatic ring is 1. The maximum atomic E-state index is 13.2. The van der Waals surface area contributed by atoms with Gasteiger partial charge in [0.25, 0.3) is 0 Å². The fraction of sp³-hybridized carbons (Fsp3) is 0.579. The lowest BCUT2D eigenvalue weighted by Gasteiger charge is -2.30. The third-order valence-corrected chi connectivity index (χ3v) is 4.76. The molecule has 3 rings (SSSR count). The Balaban J connectivity index is 1.80. The predicted molar refractivity (Wildman–Crippen MR) is 99.4 cm³/mol. The van der Waals surface area contributed by atoms with Crippen molar-refractivity contribution in [3.8, 4) is 5.75 Å². The summed E-state index contributed by atoms with van der Waals surface area (Å²) in [5.74, 6) is 0.547. The molecule has 2 amide bonds. The van der Waals surface area contributed by atoms with Crippen molar-refractivity contribution in [3.05, 3.63) is 17.7 Å². The third kappa shape index (κ3) is 3.43. The van der Waals surface area contributed by atoms with Gasteiger partial charge in [0.05, 0.1) is 12.8 Å². The number of carbonyl (C=O) groups is 2. The molecule has 0 radical (unpaired) electrons. The van der Waals surface area contributed by atoms with Crippen LogP contribution in [0.15, 0.2) is 12.1 Å². The average molecular weight is 361 g/mol. The van der Waals surface area contributed by atoms with E-state index in [1.165, 1.54) is 0 Å². The first-order valence-corrected chi connectivity index (χ1v) is 8.98. The summed E-state index contributed by atoms with van der Waals surface area (Å²) in [5, 5.41) is 0. The molecule has 0 saturated carbocycles. The van der Waals surface area contributed by atoms with Crippen LogP contribution >= 0.6 is 0 Å². The molecule has 2 aliphatic heterocycles. The Morgan fingerprint density at radius 3 is 2.62 bits per heavy atom. The van der Waals surface area contributed by atoms with E-state index in [4.69, 9.17) is 15.2 Å². The fourth-order valence-corrected chi connectivity index (χ4v) is 3.58. The van der Waals surface area contributed by atoms with E-state index in [2.05, 4.69) is 0 Å². The van der Waals surface area contributed by atoms with Gasteiger partial charge in [-0.25, -0.2) is 4.79 Å². The molecular weight excluding hydrogens is 334 g/mol. The van der Waals surface area contributed by atoms with E-state index in [0.29, 0.717) is 30.9 Å². The maximum absolute atomic E-state index is 13.2. The summed E-state index contributed by atoms with van der Waals surface area (Å²) in [4.78, 5) is 28.9. The SMILES string of the molecule is COc1cc2c(cc1N)N(C(=O)[C@@H]1CCCN1C(=O)OC(C)(C)C)CC2. The Labute approximate surface area is 154 Å². The quantitative estimate of drug-likeness (QED) is 0.818. The molecule has 1 atom stereocenters. The highest BCUT2D eigenvalue weighted by Gasteiger charge is 2.40. The van der Waals surface area contributed by atoms with Crippen molar-refractivity contribution in [1.29, 1.82) is 0 Å². The molecule has 26 heavy (non-hydrogen) atoms. The smallest absolute Gasteiger partial charge is 0.410 e. The summed E-state index contributed by atoms with van der Waals surface area (Å²) in [6.07, 6.45) is 1.76. The molecule has 7 nitrogen and oxygen atoms in total. The van der Waals surface area contributed by atoms with Crippen molar-refractivity contribution in [2.45, 2.75) is 51.7 Å². The van der Waals surface area contributed by atoms with Crippen LogP contribution in [-0.4, -0.2) is 48.7 Å². The summed E-state index contributed by atoms with van der Waals surface area (Å²) in [6.45, 7) is 6.59. The van der Waals surface area contributed by atoms with Crippen molar-refractivity contribution < 1.29 is 19.1 Å². The Morgan fingerprint density at radius 1 is 1.23 bits per heavy atom. The Hall–Kier alpha value is -2.44. The number of amides is 2. The first kappa shape index (κ1) is 18.4. The first-order chi connectivity index (χ1) is 12.2. The van der Waals surface area contributed by atoms with Gasteiger partial charge in [-0.15, -0.1) is 0 Å². The largest absolute Gasteiger partial charge is 0.495 e. The van der Waals surface area contributed by atoms with Crippen LogP contribution in [-0.2, 0) is 16.0 Å². The zero-order valence-electron chi connectivity index (χ0n) is 15.9. The topological polar surface area (TPSA) is 85.1 Å². The molecule has 2 aliphatic rings. The fourth-order valence-electron chi connectivity index (χ4n) is 3.58. The number of hydrogen-bond acceptors (Lipinski definition) is 5. The molecule has 1 aromatic carbocycles. The van der Waals surface area contributed by atoms with E-state index in [1.54, 1.807) is 23.0 Å². The number of rotatable bonds is 2. The summed E-state index contributed by atoms with van der Waals surface area (Å²) in [7, 11) is 1.58. The van der Waals surface area contributed by atoms with Gasteiger partial charge in [-0.05, 0) is 57.7 Å². The standard InChI is InChI=1S/C19H27N3O4/c1-19(2,3)26-18(24)22-8-5-6-14(22)17(23)21-9-7-12-10-16(25-4)13(20)11-15(12)21/h10-11,14H,5-9,20H2,1-4H3/t14-/m0/s1. The molecule has 0 aliphatic carbocycles. The molecule has 1 aromatic rings. The van der Waals surface area contributed by atoms with Crippen LogP contribution in [0.1, 0.15) is 39.2 Å². The van der Waals surface area contributed by atoms with Crippen LogP contribution in [0.25, 0.3) is 0 Å². The Morgan fingerprint density at radius 2 is 1.96 bits per heavy atom. The van der Waals surface area contributed by atoms with Crippen molar-refractivity contribution >= 4 is 23.4 Å². The van der Waals surface area contributed by atoms with Gasteiger partial charge in [0.15, 0.2) is 0 Å². The number of anilines is 2. The molecule has 0 unspecified atom stereocenters. The molecule has 2 heterocycles. The van der Waals surface area contributed by atoms with Gasteiger partial charge < -0.3 is 20.1 Å². The molecule has 0 bridgehead atoms. The van der Waals surface area contributed by atoms with Crippen LogP contribution in [0.4, 0.5) is 16.2 Å². The maximum Gasteiger partial charge on any atom is 0.410 e. The normalized spacial score (nSPS) is 19.5. The predicted octanol–water partition coefficient (Wildman–Crippen LogP) is 2.57. The van der Waals surface area contributed by atoms with Gasteiger partial charge in [0.2, 0.25) is 5.91 Å². The number of carbonyl (C=O) groups excluding carboxylic acids is 2. The first-order valence-electron chi connectivity index (χ1n) is 8.98. The minimum atomic E-state index is -0.585. The number of methoxy groups -OCH3 is 1. The minimum Gasteiger partial charge on any atom is -0.495 e. The minimum absolute atomic E-state index is 0.0725. The molecule has 1 saturated heterocycles. The van der Waals surface area contributed by atoms with Crippen LogP contribution in [0.5, 0.6) is 5.75 Å². The van der Waals surface area contributed by atoms with Gasteiger partial charge in [-0.1, -0.05) is 0 Å². The lowest BCUT2D eigenvalue weighted by Crippen LogP contribution is -2.48. The highest BCUT2D eigenvalue weighted by atomic mass is 16.6. The second kappa shape index (κ2) is 6.70. The second-order valence-corrected chi connectivity index (χ2v) is 7.79. The monoisotopic (exact) mass is 361 g/mol. The molecule has 1 fully saturated rings. The van der Waals surface area contributed by atoms with E-state index in [-0.39, 0.29) is 5.91 Å². The highest BCUT2D eigenvalue weighted by molar-refractivity contribution is 6.01. The number of likely N-dealkylation sites (tertiary alicyclic amines) is 1. The van der Waals surface area contributed by atoms with E-state index in [0.717, 1.165) is 24.1 Å². The van der Waals surface area contributed by atoms with Gasteiger partial charge in [0.1, 0.15) is 17.4 Å². The van der Waals surface area contributed by atoms with Crippen molar-refractivity contribution in [1.82, 2.24) is 4.90 Å². The van der Waals surface area contributed by atoms with E-state index >= 15 is 0 Å². The number of nitrogens with two attached hydrogens (primary N) is 1. The van der Waals surface area contributed by atoms with Crippen molar-refractivity contribution in [3.63, 3.8) is 0 Å². The number of ether oxygens (including phenoxy) is 2. The second-order valence-electron chi connectivity index (χ2n) is 7.79. The van der Waals surface area contributed by atoms with Crippen molar-refractivity contribution in [2.24, 2.45) is 0 Å². The summed E-state index contributed by atoms with van der Waals surface area (Å²) in [6, 6.07) is 3.18. The van der Waals surface area contributed by atoms with Crippen LogP contribution in [0.3, 0.4) is 0 Å². The zero-order chi connectivity index (χ0) is 19.1. The van der Waals surface area contributed by atoms with E-state index in [9.17, 15) is 9.59 Å². The number of benzene rings is 1. The Kier molecular flexibility index (Phi) is 4.73. The zero-order valence-corrected chi connectivity index (χ0v) is 15.9. The van der Waals surface area contributed by atoms with E-state index in [1.807, 2.05) is 26.8 Å². The lowest BCUT2D eigenvalue weighted by molar-refractivity contribution is -0.122. The number of hydrogen-bond donors (Lipinski definition) is 1. The van der Waals surface area contributed by atoms with Crippen LogP contribution in [0.2, 0.25) is 0 Å². The van der Waals surface area contributed by atoms with Crippen molar-refractivity contribution in [2.75, 3.05) is 30.8 Å². The molecule has 2 N–H and O–H groups in total.